The molecule has 0 aromatic carbocycles. The van der Waals surface area contributed by atoms with E-state index in [0.29, 0.717) is 17.7 Å². The Morgan fingerprint density at radius 2 is 2.19 bits per heavy atom. The molecule has 21 heavy (non-hydrogen) atoms. The number of nitrogens with zero attached hydrogens (tertiary/aromatic N) is 5. The first-order valence-electron chi connectivity index (χ1n) is 6.50. The van der Waals surface area contributed by atoms with Gasteiger partial charge in [-0.05, 0) is 28.4 Å². The maximum atomic E-state index is 4.50. The molecule has 0 aliphatic rings. The molecule has 0 amide bonds. The Labute approximate surface area is 134 Å². The SMILES string of the molecule is CCCNc1nc(-c2cscc2Br)nc(-n2cccn2)n1. The summed E-state index contributed by atoms with van der Waals surface area (Å²) in [6.45, 7) is 2.91. The molecule has 0 unspecified atom stereocenters. The molecule has 0 saturated carbocycles. The Bertz CT molecular complexity index is 724. The van der Waals surface area contributed by atoms with Crippen LogP contribution in [0.1, 0.15) is 13.3 Å². The van der Waals surface area contributed by atoms with E-state index < -0.39 is 0 Å². The van der Waals surface area contributed by atoms with Crippen LogP contribution >= 0.6 is 27.3 Å². The summed E-state index contributed by atoms with van der Waals surface area (Å²) in [5, 5.41) is 11.4. The van der Waals surface area contributed by atoms with Crippen molar-refractivity contribution in [2.75, 3.05) is 11.9 Å². The van der Waals surface area contributed by atoms with Crippen molar-refractivity contribution in [1.82, 2.24) is 24.7 Å². The molecule has 3 rings (SSSR count). The van der Waals surface area contributed by atoms with Crippen LogP contribution in [0.4, 0.5) is 5.95 Å². The first-order chi connectivity index (χ1) is 10.3. The normalized spacial score (nSPS) is 10.8. The lowest BCUT2D eigenvalue weighted by molar-refractivity contribution is 0.796. The molecule has 3 aromatic heterocycles. The highest BCUT2D eigenvalue weighted by Crippen LogP contribution is 2.29. The molecule has 108 valence electrons. The molecule has 0 aliphatic carbocycles. The Morgan fingerprint density at radius 1 is 1.29 bits per heavy atom. The minimum atomic E-state index is 0.502. The molecule has 0 atom stereocenters. The van der Waals surface area contributed by atoms with E-state index in [9.17, 15) is 0 Å². The van der Waals surface area contributed by atoms with Gasteiger partial charge in [-0.2, -0.15) is 31.4 Å². The zero-order valence-electron chi connectivity index (χ0n) is 11.3. The lowest BCUT2D eigenvalue weighted by Gasteiger charge is -2.08. The summed E-state index contributed by atoms with van der Waals surface area (Å²) < 4.78 is 2.61. The molecular weight excluding hydrogens is 352 g/mol. The number of anilines is 1. The summed E-state index contributed by atoms with van der Waals surface area (Å²) in [6.07, 6.45) is 4.51. The number of rotatable bonds is 5. The van der Waals surface area contributed by atoms with Crippen molar-refractivity contribution in [2.24, 2.45) is 0 Å². The van der Waals surface area contributed by atoms with Gasteiger partial charge >= 0.3 is 0 Å². The maximum Gasteiger partial charge on any atom is 0.255 e. The van der Waals surface area contributed by atoms with Crippen molar-refractivity contribution in [3.8, 4) is 17.3 Å². The van der Waals surface area contributed by atoms with Gasteiger partial charge in [-0.15, -0.1) is 0 Å². The highest BCUT2D eigenvalue weighted by atomic mass is 79.9. The van der Waals surface area contributed by atoms with E-state index in [1.54, 1.807) is 22.2 Å². The highest BCUT2D eigenvalue weighted by molar-refractivity contribution is 9.10. The van der Waals surface area contributed by atoms with Crippen LogP contribution in [0.5, 0.6) is 0 Å². The second-order valence-electron chi connectivity index (χ2n) is 4.29. The molecular formula is C13H13BrN6S. The van der Waals surface area contributed by atoms with E-state index in [-0.39, 0.29) is 0 Å². The van der Waals surface area contributed by atoms with Crippen molar-refractivity contribution in [2.45, 2.75) is 13.3 Å². The smallest absolute Gasteiger partial charge is 0.255 e. The number of aromatic nitrogens is 5. The fourth-order valence-electron chi connectivity index (χ4n) is 1.73. The quantitative estimate of drug-likeness (QED) is 0.751. The van der Waals surface area contributed by atoms with Gasteiger partial charge in [0.15, 0.2) is 5.82 Å². The molecule has 0 saturated heterocycles. The summed E-state index contributed by atoms with van der Waals surface area (Å²) in [4.78, 5) is 13.4. The first kappa shape index (κ1) is 14.2. The average Bonchev–Trinajstić information content (AvgIpc) is 3.16. The van der Waals surface area contributed by atoms with Crippen LogP contribution in [0.3, 0.4) is 0 Å². The van der Waals surface area contributed by atoms with Crippen LogP contribution in [0.2, 0.25) is 0 Å². The van der Waals surface area contributed by atoms with E-state index >= 15 is 0 Å². The summed E-state index contributed by atoms with van der Waals surface area (Å²) in [5.74, 6) is 1.69. The van der Waals surface area contributed by atoms with Crippen LogP contribution in [-0.4, -0.2) is 31.3 Å². The Kier molecular flexibility index (Phi) is 4.26. The fraction of sp³-hybridized carbons (Fsp3) is 0.231. The number of hydrogen-bond acceptors (Lipinski definition) is 6. The lowest BCUT2D eigenvalue weighted by Crippen LogP contribution is -2.10. The molecule has 1 N–H and O–H groups in total. The Balaban J connectivity index is 2.07. The van der Waals surface area contributed by atoms with Gasteiger partial charge in [-0.3, -0.25) is 0 Å². The van der Waals surface area contributed by atoms with E-state index in [4.69, 9.17) is 0 Å². The molecule has 3 heterocycles. The van der Waals surface area contributed by atoms with Gasteiger partial charge in [-0.1, -0.05) is 6.92 Å². The van der Waals surface area contributed by atoms with Gasteiger partial charge in [0.25, 0.3) is 5.95 Å². The zero-order valence-corrected chi connectivity index (χ0v) is 13.7. The summed E-state index contributed by atoms with van der Waals surface area (Å²) in [7, 11) is 0. The van der Waals surface area contributed by atoms with E-state index in [1.807, 2.05) is 23.0 Å². The van der Waals surface area contributed by atoms with Crippen LogP contribution in [0.25, 0.3) is 17.3 Å². The number of thiophene rings is 1. The van der Waals surface area contributed by atoms with E-state index in [2.05, 4.69) is 48.2 Å². The first-order valence-corrected chi connectivity index (χ1v) is 8.23. The summed E-state index contributed by atoms with van der Waals surface area (Å²) >= 11 is 5.12. The molecule has 3 aromatic rings. The van der Waals surface area contributed by atoms with Gasteiger partial charge in [0.05, 0.1) is 0 Å². The average molecular weight is 365 g/mol. The van der Waals surface area contributed by atoms with Crippen molar-refractivity contribution in [3.63, 3.8) is 0 Å². The van der Waals surface area contributed by atoms with Crippen molar-refractivity contribution in [3.05, 3.63) is 33.7 Å². The number of halogens is 1. The van der Waals surface area contributed by atoms with Gasteiger partial charge in [0.2, 0.25) is 5.95 Å². The minimum absolute atomic E-state index is 0.502. The summed E-state index contributed by atoms with van der Waals surface area (Å²) in [5.41, 5.74) is 0.954. The van der Waals surface area contributed by atoms with Gasteiger partial charge in [0, 0.05) is 39.7 Å². The molecule has 0 bridgehead atoms. The monoisotopic (exact) mass is 364 g/mol. The molecule has 0 fully saturated rings. The third kappa shape index (κ3) is 3.11. The largest absolute Gasteiger partial charge is 0.354 e. The van der Waals surface area contributed by atoms with Crippen LogP contribution in [0, 0.1) is 0 Å². The van der Waals surface area contributed by atoms with Gasteiger partial charge in [-0.25, -0.2) is 4.68 Å². The molecule has 6 nitrogen and oxygen atoms in total. The van der Waals surface area contributed by atoms with Crippen LogP contribution < -0.4 is 5.32 Å². The number of nitrogens with one attached hydrogen (secondary N) is 1. The van der Waals surface area contributed by atoms with Crippen LogP contribution in [-0.2, 0) is 0 Å². The minimum Gasteiger partial charge on any atom is -0.354 e. The van der Waals surface area contributed by atoms with Crippen molar-refractivity contribution >= 4 is 33.2 Å². The van der Waals surface area contributed by atoms with E-state index in [0.717, 1.165) is 23.0 Å². The standard InChI is InChI=1S/C13H13BrN6S/c1-2-4-15-12-17-11(9-7-21-8-10(9)14)18-13(19-12)20-6-3-5-16-20/h3,5-8H,2,4H2,1H3,(H,15,17,18,19). The lowest BCUT2D eigenvalue weighted by atomic mass is 10.3. The predicted molar refractivity (Wildman–Crippen MR) is 86.7 cm³/mol. The molecule has 0 spiro atoms. The van der Waals surface area contributed by atoms with Gasteiger partial charge < -0.3 is 5.32 Å². The summed E-state index contributed by atoms with van der Waals surface area (Å²) in [6, 6.07) is 1.84. The number of hydrogen-bond donors (Lipinski definition) is 1. The predicted octanol–water partition coefficient (Wildman–Crippen LogP) is 3.37. The Hall–Kier alpha value is -1.80. The zero-order chi connectivity index (χ0) is 14.7. The fourth-order valence-corrected chi connectivity index (χ4v) is 3.18. The highest BCUT2D eigenvalue weighted by Gasteiger charge is 2.13. The van der Waals surface area contributed by atoms with Crippen LogP contribution in [0.15, 0.2) is 33.7 Å². The third-order valence-electron chi connectivity index (χ3n) is 2.72. The van der Waals surface area contributed by atoms with Crippen molar-refractivity contribution in [1.29, 1.82) is 0 Å². The molecule has 8 heteroatoms. The molecule has 0 radical (unpaired) electrons. The maximum absolute atomic E-state index is 4.50. The Morgan fingerprint density at radius 3 is 2.86 bits per heavy atom. The second kappa shape index (κ2) is 6.31. The van der Waals surface area contributed by atoms with Gasteiger partial charge in [0.1, 0.15) is 0 Å². The van der Waals surface area contributed by atoms with Crippen molar-refractivity contribution < 1.29 is 0 Å². The molecule has 0 aliphatic heterocycles. The topological polar surface area (TPSA) is 68.5 Å². The third-order valence-corrected chi connectivity index (χ3v) is 4.42. The second-order valence-corrected chi connectivity index (χ2v) is 5.89. The van der Waals surface area contributed by atoms with E-state index in [1.165, 1.54) is 0 Å².